The second kappa shape index (κ2) is 19.3. The van der Waals surface area contributed by atoms with Gasteiger partial charge in [0.15, 0.2) is 5.16 Å². The van der Waals surface area contributed by atoms with Crippen LogP contribution in [0.5, 0.6) is 0 Å². The van der Waals surface area contributed by atoms with Gasteiger partial charge in [0.25, 0.3) is 10.1 Å². The van der Waals surface area contributed by atoms with Crippen molar-refractivity contribution in [1.29, 1.82) is 0 Å². The number of nitrogens with zero attached hydrogens (tertiary/aromatic N) is 9. The molecule has 0 saturated heterocycles. The number of aliphatic hydroxyl groups is 1. The summed E-state index contributed by atoms with van der Waals surface area (Å²) in [6.07, 6.45) is 0. The molecule has 0 aliphatic rings. The highest BCUT2D eigenvalue weighted by Crippen LogP contribution is 2.36. The maximum Gasteiger partial charge on any atom is 0.297 e. The molecule has 0 radical (unpaired) electrons. The standard InChI is InChI=1S/C37H41F2N11O4S2/c1-5-49(6-2)27-14-17-30(47-45-25-11-9-24(38)10-12-25)32(22-27)40-35-42-36(44-37(43-35)55-20-19-51)41-33-23-28(50(7-3)8-4)15-18-31(33)48-46-26-13-16-29(39)34(21-26)56(52,53)54/h9-18,21-23,51H,5-8,19-20H2,1-4H3,(H,52,53,54)(H2,40,41,42,43,44)/b47-45+,48-46+. The normalized spacial score (nSPS) is 11.7. The summed E-state index contributed by atoms with van der Waals surface area (Å²) >= 11 is 1.21. The van der Waals surface area contributed by atoms with Gasteiger partial charge >= 0.3 is 0 Å². The highest BCUT2D eigenvalue weighted by Gasteiger charge is 2.18. The lowest BCUT2D eigenvalue weighted by molar-refractivity contribution is 0.322. The third-order valence-corrected chi connectivity index (χ3v) is 9.91. The lowest BCUT2D eigenvalue weighted by Crippen LogP contribution is -2.21. The van der Waals surface area contributed by atoms with E-state index in [9.17, 15) is 26.9 Å². The van der Waals surface area contributed by atoms with Crippen LogP contribution in [0.1, 0.15) is 27.7 Å². The highest BCUT2D eigenvalue weighted by molar-refractivity contribution is 7.99. The van der Waals surface area contributed by atoms with Gasteiger partial charge in [-0.1, -0.05) is 11.8 Å². The van der Waals surface area contributed by atoms with E-state index in [0.717, 1.165) is 36.6 Å². The molecule has 1 aromatic heterocycles. The predicted molar refractivity (Wildman–Crippen MR) is 215 cm³/mol. The number of azo groups is 2. The molecule has 15 nitrogen and oxygen atoms in total. The Hall–Kier alpha value is -5.63. The van der Waals surface area contributed by atoms with Crippen molar-refractivity contribution in [3.8, 4) is 0 Å². The Kier molecular flexibility index (Phi) is 14.3. The van der Waals surface area contributed by atoms with Crippen LogP contribution in [0.3, 0.4) is 0 Å². The molecule has 0 amide bonds. The first-order valence-electron chi connectivity index (χ1n) is 17.6. The average molecular weight is 806 g/mol. The van der Waals surface area contributed by atoms with Crippen LogP contribution in [0.2, 0.25) is 0 Å². The van der Waals surface area contributed by atoms with Gasteiger partial charge in [0.2, 0.25) is 11.9 Å². The minimum absolute atomic E-state index is 0.0218. The largest absolute Gasteiger partial charge is 0.396 e. The molecule has 0 atom stereocenters. The minimum atomic E-state index is -4.84. The number of benzene rings is 4. The monoisotopic (exact) mass is 805 g/mol. The second-order valence-electron chi connectivity index (χ2n) is 11.8. The summed E-state index contributed by atoms with van der Waals surface area (Å²) in [5, 5.41) is 33.5. The average Bonchev–Trinajstić information content (AvgIpc) is 3.18. The molecule has 5 rings (SSSR count). The van der Waals surface area contributed by atoms with Crippen LogP contribution in [0, 0.1) is 11.6 Å². The molecule has 0 fully saturated rings. The van der Waals surface area contributed by atoms with Gasteiger partial charge in [-0.2, -0.15) is 33.6 Å². The van der Waals surface area contributed by atoms with Gasteiger partial charge in [-0.3, -0.25) is 4.55 Å². The van der Waals surface area contributed by atoms with Crippen molar-refractivity contribution >= 4 is 79.3 Å². The van der Waals surface area contributed by atoms with Crippen molar-refractivity contribution in [3.63, 3.8) is 0 Å². The van der Waals surface area contributed by atoms with Crippen LogP contribution in [0.4, 0.5) is 66.2 Å². The minimum Gasteiger partial charge on any atom is -0.396 e. The maximum absolute atomic E-state index is 14.1. The Morgan fingerprint density at radius 2 is 1.18 bits per heavy atom. The Labute approximate surface area is 327 Å². The summed E-state index contributed by atoms with van der Waals surface area (Å²) in [6, 6.07) is 19.6. The number of aromatic nitrogens is 3. The van der Waals surface area contributed by atoms with E-state index < -0.39 is 20.8 Å². The number of hydrogen-bond acceptors (Lipinski definition) is 15. The zero-order valence-corrected chi connectivity index (χ0v) is 32.7. The van der Waals surface area contributed by atoms with Crippen molar-refractivity contribution in [2.24, 2.45) is 20.5 Å². The first kappa shape index (κ1) is 41.5. The zero-order valence-electron chi connectivity index (χ0n) is 31.1. The van der Waals surface area contributed by atoms with E-state index in [2.05, 4.69) is 55.8 Å². The fourth-order valence-electron chi connectivity index (χ4n) is 5.39. The van der Waals surface area contributed by atoms with Crippen LogP contribution in [0.25, 0.3) is 0 Å². The van der Waals surface area contributed by atoms with Crippen molar-refractivity contribution in [1.82, 2.24) is 15.0 Å². The fraction of sp³-hybridized carbons (Fsp3) is 0.270. The van der Waals surface area contributed by atoms with E-state index in [0.29, 0.717) is 52.4 Å². The molecule has 0 unspecified atom stereocenters. The van der Waals surface area contributed by atoms with Crippen LogP contribution in [-0.2, 0) is 10.1 Å². The summed E-state index contributed by atoms with van der Waals surface area (Å²) < 4.78 is 60.5. The molecule has 1 heterocycles. The summed E-state index contributed by atoms with van der Waals surface area (Å²) in [5.41, 5.74) is 3.89. The third-order valence-electron chi connectivity index (χ3n) is 8.21. The van der Waals surface area contributed by atoms with E-state index in [-0.39, 0.29) is 30.0 Å². The quantitative estimate of drug-likeness (QED) is 0.0373. The summed E-state index contributed by atoms with van der Waals surface area (Å²) in [7, 11) is -4.84. The number of aliphatic hydroxyl groups excluding tert-OH is 1. The molecule has 0 saturated carbocycles. The van der Waals surface area contributed by atoms with Gasteiger partial charge < -0.3 is 25.5 Å². The van der Waals surface area contributed by atoms with Crippen molar-refractivity contribution in [2.45, 2.75) is 37.7 Å². The number of thioether (sulfide) groups is 1. The predicted octanol–water partition coefficient (Wildman–Crippen LogP) is 9.49. The van der Waals surface area contributed by atoms with Gasteiger partial charge in [0.05, 0.1) is 29.4 Å². The summed E-state index contributed by atoms with van der Waals surface area (Å²) in [5.74, 6) is -0.959. The van der Waals surface area contributed by atoms with E-state index >= 15 is 0 Å². The van der Waals surface area contributed by atoms with Crippen LogP contribution in [0.15, 0.2) is 109 Å². The van der Waals surface area contributed by atoms with Crippen LogP contribution >= 0.6 is 11.8 Å². The number of halogens is 2. The van der Waals surface area contributed by atoms with E-state index in [1.54, 1.807) is 12.1 Å². The Balaban J connectivity index is 1.57. The maximum atomic E-state index is 14.1. The third kappa shape index (κ3) is 11.0. The van der Waals surface area contributed by atoms with Crippen LogP contribution in [-0.4, -0.2) is 71.6 Å². The first-order chi connectivity index (χ1) is 26.9. The number of nitrogens with one attached hydrogen (secondary N) is 2. The van der Waals surface area contributed by atoms with Gasteiger partial charge in [-0.15, -0.1) is 10.2 Å². The fourth-order valence-corrected chi connectivity index (χ4v) is 6.55. The Morgan fingerprint density at radius 3 is 1.66 bits per heavy atom. The molecular weight excluding hydrogens is 765 g/mol. The van der Waals surface area contributed by atoms with Gasteiger partial charge in [0.1, 0.15) is 27.9 Å². The molecule has 0 aliphatic heterocycles. The molecule has 0 bridgehead atoms. The Morgan fingerprint density at radius 1 is 0.679 bits per heavy atom. The van der Waals surface area contributed by atoms with Crippen molar-refractivity contribution in [3.05, 3.63) is 90.5 Å². The lowest BCUT2D eigenvalue weighted by atomic mass is 10.2. The van der Waals surface area contributed by atoms with Crippen molar-refractivity contribution < 1.29 is 26.9 Å². The molecule has 0 aliphatic carbocycles. The van der Waals surface area contributed by atoms with E-state index in [1.165, 1.54) is 42.1 Å². The Bertz CT molecular complexity index is 2290. The van der Waals surface area contributed by atoms with Gasteiger partial charge in [-0.05, 0) is 107 Å². The van der Waals surface area contributed by atoms with Gasteiger partial charge in [0, 0.05) is 43.3 Å². The lowest BCUT2D eigenvalue weighted by Gasteiger charge is -2.22. The molecule has 294 valence electrons. The molecule has 5 aromatic rings. The first-order valence-corrected chi connectivity index (χ1v) is 20.0. The molecule has 56 heavy (non-hydrogen) atoms. The number of hydrogen-bond donors (Lipinski definition) is 4. The summed E-state index contributed by atoms with van der Waals surface area (Å²) in [6.45, 7) is 10.9. The van der Waals surface area contributed by atoms with E-state index in [1.807, 2.05) is 52.0 Å². The van der Waals surface area contributed by atoms with Crippen LogP contribution < -0.4 is 20.4 Å². The van der Waals surface area contributed by atoms with Gasteiger partial charge in [-0.25, -0.2) is 8.78 Å². The molecule has 0 spiro atoms. The molecule has 19 heteroatoms. The molecular formula is C37H41F2N11O4S2. The molecule has 4 N–H and O–H groups in total. The smallest absolute Gasteiger partial charge is 0.297 e. The SMILES string of the molecule is CCN(CC)c1ccc(/N=N/c2ccc(F)cc2)c(Nc2nc(Nc3cc(N(CC)CC)ccc3/N=N/c3ccc(F)c(S(=O)(=O)O)c3)nc(SCCO)n2)c1. The zero-order chi connectivity index (χ0) is 40.2. The topological polar surface area (TPSA) is 193 Å². The number of anilines is 6. The molecule has 4 aromatic carbocycles. The second-order valence-corrected chi connectivity index (χ2v) is 14.3. The van der Waals surface area contributed by atoms with E-state index in [4.69, 9.17) is 0 Å². The van der Waals surface area contributed by atoms with Crippen molar-refractivity contribution in [2.75, 3.05) is 59.0 Å². The summed E-state index contributed by atoms with van der Waals surface area (Å²) in [4.78, 5) is 17.2. The highest BCUT2D eigenvalue weighted by atomic mass is 32.2. The number of rotatable bonds is 18.